The zero-order chi connectivity index (χ0) is 14.9. The first-order valence-electron chi connectivity index (χ1n) is 6.07. The SMILES string of the molecule is O=C(c1ccccc1)[C@@]1(O)O[C@H](CO)[C@@H](O)[C@H](O)[C@H]1O. The third-order valence-corrected chi connectivity index (χ3v) is 3.33. The number of hydrogen-bond donors (Lipinski definition) is 5. The van der Waals surface area contributed by atoms with Crippen LogP contribution in [0.25, 0.3) is 0 Å². The van der Waals surface area contributed by atoms with Crippen LogP contribution in [0.4, 0.5) is 0 Å². The summed E-state index contributed by atoms with van der Waals surface area (Å²) in [6.45, 7) is -0.727. The van der Waals surface area contributed by atoms with Gasteiger partial charge >= 0.3 is 0 Å². The molecule has 0 radical (unpaired) electrons. The van der Waals surface area contributed by atoms with Gasteiger partial charge in [0.2, 0.25) is 5.78 Å². The van der Waals surface area contributed by atoms with Gasteiger partial charge in [0.05, 0.1) is 6.61 Å². The van der Waals surface area contributed by atoms with Crippen LogP contribution in [0.1, 0.15) is 10.4 Å². The Morgan fingerprint density at radius 2 is 1.75 bits per heavy atom. The van der Waals surface area contributed by atoms with E-state index in [9.17, 15) is 25.2 Å². The third-order valence-electron chi connectivity index (χ3n) is 3.33. The molecule has 1 aliphatic heterocycles. The van der Waals surface area contributed by atoms with E-state index in [1.54, 1.807) is 18.2 Å². The minimum absolute atomic E-state index is 0.0642. The van der Waals surface area contributed by atoms with Crippen molar-refractivity contribution in [2.45, 2.75) is 30.2 Å². The quantitative estimate of drug-likeness (QED) is 0.407. The fourth-order valence-electron chi connectivity index (χ4n) is 2.14. The predicted octanol–water partition coefficient (Wildman–Crippen LogP) is -1.97. The Labute approximate surface area is 114 Å². The van der Waals surface area contributed by atoms with Crippen molar-refractivity contribution in [1.29, 1.82) is 0 Å². The summed E-state index contributed by atoms with van der Waals surface area (Å²) in [7, 11) is 0. The van der Waals surface area contributed by atoms with Gasteiger partial charge in [0.15, 0.2) is 0 Å². The molecule has 1 fully saturated rings. The molecule has 20 heavy (non-hydrogen) atoms. The highest BCUT2D eigenvalue weighted by atomic mass is 16.7. The Kier molecular flexibility index (Phi) is 4.19. The second kappa shape index (κ2) is 5.57. The molecule has 1 saturated heterocycles. The monoisotopic (exact) mass is 284 g/mol. The van der Waals surface area contributed by atoms with Gasteiger partial charge in [0, 0.05) is 5.56 Å². The highest BCUT2D eigenvalue weighted by Crippen LogP contribution is 2.31. The van der Waals surface area contributed by atoms with Gasteiger partial charge in [-0.1, -0.05) is 30.3 Å². The smallest absolute Gasteiger partial charge is 0.261 e. The summed E-state index contributed by atoms with van der Waals surface area (Å²) in [5.41, 5.74) is 0.0642. The first-order chi connectivity index (χ1) is 9.41. The summed E-state index contributed by atoms with van der Waals surface area (Å²) < 4.78 is 4.93. The molecule has 1 heterocycles. The molecule has 7 heteroatoms. The molecule has 1 aliphatic rings. The van der Waals surface area contributed by atoms with Crippen LogP contribution in [0.2, 0.25) is 0 Å². The van der Waals surface area contributed by atoms with Crippen molar-refractivity contribution < 1.29 is 35.1 Å². The molecule has 110 valence electrons. The maximum Gasteiger partial charge on any atom is 0.261 e. The predicted molar refractivity (Wildman–Crippen MR) is 65.7 cm³/mol. The molecule has 0 unspecified atom stereocenters. The highest BCUT2D eigenvalue weighted by Gasteiger charge is 2.57. The minimum Gasteiger partial charge on any atom is -0.394 e. The van der Waals surface area contributed by atoms with E-state index in [1.807, 2.05) is 0 Å². The number of rotatable bonds is 3. The molecule has 2 rings (SSSR count). The van der Waals surface area contributed by atoms with Crippen LogP contribution in [0.5, 0.6) is 0 Å². The van der Waals surface area contributed by atoms with Gasteiger partial charge in [-0.3, -0.25) is 4.79 Å². The molecule has 0 aromatic heterocycles. The third kappa shape index (κ3) is 2.35. The lowest BCUT2D eigenvalue weighted by Crippen LogP contribution is -2.68. The Bertz CT molecular complexity index is 475. The van der Waals surface area contributed by atoms with E-state index in [2.05, 4.69) is 0 Å². The van der Waals surface area contributed by atoms with Crippen LogP contribution in [0.15, 0.2) is 30.3 Å². The van der Waals surface area contributed by atoms with Crippen molar-refractivity contribution in [2.75, 3.05) is 6.61 Å². The second-order valence-electron chi connectivity index (χ2n) is 4.66. The van der Waals surface area contributed by atoms with Crippen LogP contribution < -0.4 is 0 Å². The summed E-state index contributed by atoms with van der Waals surface area (Å²) in [4.78, 5) is 12.2. The van der Waals surface area contributed by atoms with Gasteiger partial charge < -0.3 is 30.3 Å². The van der Waals surface area contributed by atoms with Crippen LogP contribution in [0.3, 0.4) is 0 Å². The van der Waals surface area contributed by atoms with Crippen LogP contribution in [-0.2, 0) is 4.74 Å². The van der Waals surface area contributed by atoms with Crippen LogP contribution in [-0.4, -0.2) is 68.1 Å². The summed E-state index contributed by atoms with van der Waals surface area (Å²) in [5.74, 6) is -3.69. The molecule has 0 amide bonds. The van der Waals surface area contributed by atoms with Crippen molar-refractivity contribution in [1.82, 2.24) is 0 Å². The number of carbonyl (C=O) groups is 1. The number of hydrogen-bond acceptors (Lipinski definition) is 7. The standard InChI is InChI=1S/C13H16O7/c14-6-8-9(15)10(16)12(18)13(19,20-8)11(17)7-4-2-1-3-5-7/h1-5,8-10,12,14-16,18-19H,6H2/t8-,9-,10+,12-,13-/m1/s1. The number of carbonyl (C=O) groups excluding carboxylic acids is 1. The average Bonchev–Trinajstić information content (AvgIpc) is 2.49. The zero-order valence-electron chi connectivity index (χ0n) is 10.5. The lowest BCUT2D eigenvalue weighted by Gasteiger charge is -2.44. The minimum atomic E-state index is -2.73. The Balaban J connectivity index is 2.34. The van der Waals surface area contributed by atoms with Crippen LogP contribution in [0, 0.1) is 0 Å². The lowest BCUT2D eigenvalue weighted by atomic mass is 9.88. The molecule has 0 spiro atoms. The van der Waals surface area contributed by atoms with E-state index in [-0.39, 0.29) is 5.56 Å². The summed E-state index contributed by atoms with van der Waals surface area (Å²) in [6.07, 6.45) is -6.85. The normalized spacial score (nSPS) is 37.6. The molecule has 5 atom stereocenters. The average molecular weight is 284 g/mol. The van der Waals surface area contributed by atoms with E-state index in [4.69, 9.17) is 9.84 Å². The number of Topliss-reactive ketones (excluding diaryl/α,β-unsaturated/α-hetero) is 1. The Morgan fingerprint density at radius 3 is 2.30 bits per heavy atom. The van der Waals surface area contributed by atoms with E-state index in [0.717, 1.165) is 0 Å². The maximum absolute atomic E-state index is 12.2. The molecule has 0 aliphatic carbocycles. The van der Waals surface area contributed by atoms with E-state index < -0.39 is 42.6 Å². The van der Waals surface area contributed by atoms with Gasteiger partial charge in [-0.2, -0.15) is 0 Å². The van der Waals surface area contributed by atoms with Gasteiger partial charge in [-0.25, -0.2) is 0 Å². The van der Waals surface area contributed by atoms with Crippen molar-refractivity contribution in [3.05, 3.63) is 35.9 Å². The number of ether oxygens (including phenoxy) is 1. The van der Waals surface area contributed by atoms with Crippen LogP contribution >= 0.6 is 0 Å². The van der Waals surface area contributed by atoms with Gasteiger partial charge in [-0.05, 0) is 0 Å². The Hall–Kier alpha value is -1.35. The number of benzene rings is 1. The molecule has 0 bridgehead atoms. The molecule has 1 aromatic rings. The van der Waals surface area contributed by atoms with Crippen molar-refractivity contribution in [3.8, 4) is 0 Å². The number of aliphatic hydroxyl groups excluding tert-OH is 4. The van der Waals surface area contributed by atoms with E-state index >= 15 is 0 Å². The molecule has 5 N–H and O–H groups in total. The van der Waals surface area contributed by atoms with Crippen molar-refractivity contribution in [3.63, 3.8) is 0 Å². The largest absolute Gasteiger partial charge is 0.394 e. The lowest BCUT2D eigenvalue weighted by molar-refractivity contribution is -0.322. The van der Waals surface area contributed by atoms with Crippen molar-refractivity contribution >= 4 is 5.78 Å². The van der Waals surface area contributed by atoms with E-state index in [0.29, 0.717) is 0 Å². The molecule has 7 nitrogen and oxygen atoms in total. The number of aliphatic hydroxyl groups is 5. The highest BCUT2D eigenvalue weighted by molar-refractivity contribution is 6.01. The zero-order valence-corrected chi connectivity index (χ0v) is 10.5. The first-order valence-corrected chi connectivity index (χ1v) is 6.07. The fourth-order valence-corrected chi connectivity index (χ4v) is 2.14. The fraction of sp³-hybridized carbons (Fsp3) is 0.462. The van der Waals surface area contributed by atoms with Crippen molar-refractivity contribution in [2.24, 2.45) is 0 Å². The summed E-state index contributed by atoms with van der Waals surface area (Å²) >= 11 is 0. The molecule has 0 saturated carbocycles. The first kappa shape index (κ1) is 15.0. The van der Waals surface area contributed by atoms with Gasteiger partial charge in [-0.15, -0.1) is 0 Å². The molecule has 1 aromatic carbocycles. The second-order valence-corrected chi connectivity index (χ2v) is 4.66. The topological polar surface area (TPSA) is 127 Å². The van der Waals surface area contributed by atoms with E-state index in [1.165, 1.54) is 12.1 Å². The van der Waals surface area contributed by atoms with Gasteiger partial charge in [0.25, 0.3) is 5.79 Å². The summed E-state index contributed by atoms with van der Waals surface area (Å²) in [6, 6.07) is 7.58. The summed E-state index contributed by atoms with van der Waals surface area (Å²) in [5, 5.41) is 48.4. The van der Waals surface area contributed by atoms with Gasteiger partial charge in [0.1, 0.15) is 24.4 Å². The Morgan fingerprint density at radius 1 is 1.15 bits per heavy atom. The maximum atomic E-state index is 12.2. The molecular formula is C13H16O7. The number of ketones is 1. The molecular weight excluding hydrogens is 268 g/mol.